The van der Waals surface area contributed by atoms with Gasteiger partial charge in [-0.25, -0.2) is 14.4 Å². The molecule has 1 aromatic heterocycles. The lowest BCUT2D eigenvalue weighted by molar-refractivity contribution is -0.144. The van der Waals surface area contributed by atoms with Crippen molar-refractivity contribution in [3.05, 3.63) is 47.1 Å². The van der Waals surface area contributed by atoms with Crippen LogP contribution in [0.5, 0.6) is 0 Å². The fourth-order valence-electron chi connectivity index (χ4n) is 1.35. The summed E-state index contributed by atoms with van der Waals surface area (Å²) in [5, 5.41) is -0.393. The van der Waals surface area contributed by atoms with E-state index in [2.05, 4.69) is 9.97 Å². The van der Waals surface area contributed by atoms with Crippen LogP contribution in [0.1, 0.15) is 5.82 Å². The topological polar surface area (TPSA) is 25.8 Å². The van der Waals surface area contributed by atoms with Gasteiger partial charge in [0, 0.05) is 11.6 Å². The summed E-state index contributed by atoms with van der Waals surface area (Å²) in [5.74, 6) is -2.08. The molecule has 0 unspecified atom stereocenters. The van der Waals surface area contributed by atoms with Gasteiger partial charge in [-0.3, -0.25) is 0 Å². The average Bonchev–Trinajstić information content (AvgIpc) is 2.27. The van der Waals surface area contributed by atoms with Crippen LogP contribution in [-0.2, 0) is 6.18 Å². The molecule has 94 valence electrons. The molecule has 0 aliphatic heterocycles. The van der Waals surface area contributed by atoms with E-state index >= 15 is 0 Å². The molecule has 0 amide bonds. The van der Waals surface area contributed by atoms with E-state index in [1.54, 1.807) is 0 Å². The van der Waals surface area contributed by atoms with Crippen LogP contribution in [-0.4, -0.2) is 9.97 Å². The Labute approximate surface area is 104 Å². The van der Waals surface area contributed by atoms with E-state index < -0.39 is 23.0 Å². The summed E-state index contributed by atoms with van der Waals surface area (Å²) >= 11 is 5.48. The summed E-state index contributed by atoms with van der Waals surface area (Å²) in [5.41, 5.74) is -0.271. The second-order valence-corrected chi connectivity index (χ2v) is 3.76. The highest BCUT2D eigenvalue weighted by molar-refractivity contribution is 6.29. The Kier molecular flexibility index (Phi) is 3.21. The van der Waals surface area contributed by atoms with Gasteiger partial charge in [0.25, 0.3) is 0 Å². The Morgan fingerprint density at radius 2 is 1.72 bits per heavy atom. The van der Waals surface area contributed by atoms with Gasteiger partial charge in [0.1, 0.15) is 11.0 Å². The van der Waals surface area contributed by atoms with Gasteiger partial charge in [0.2, 0.25) is 5.82 Å². The number of nitrogens with zero attached hydrogens (tertiary/aromatic N) is 2. The summed E-state index contributed by atoms with van der Waals surface area (Å²) in [6.07, 6.45) is -4.73. The molecule has 2 rings (SSSR count). The van der Waals surface area contributed by atoms with E-state index in [4.69, 9.17) is 11.6 Å². The van der Waals surface area contributed by atoms with Crippen LogP contribution < -0.4 is 0 Å². The fraction of sp³-hybridized carbons (Fsp3) is 0.0909. The predicted octanol–water partition coefficient (Wildman–Crippen LogP) is 3.95. The van der Waals surface area contributed by atoms with Crippen LogP contribution in [0.4, 0.5) is 17.6 Å². The number of alkyl halides is 3. The molecule has 2 nitrogen and oxygen atoms in total. The quantitative estimate of drug-likeness (QED) is 0.582. The molecule has 2 aromatic rings. The van der Waals surface area contributed by atoms with Crippen LogP contribution in [0.25, 0.3) is 11.3 Å². The van der Waals surface area contributed by atoms with Gasteiger partial charge in [-0.15, -0.1) is 0 Å². The maximum Gasteiger partial charge on any atom is 0.451 e. The molecule has 1 heterocycles. The van der Waals surface area contributed by atoms with Crippen molar-refractivity contribution in [1.29, 1.82) is 0 Å². The Morgan fingerprint density at radius 3 is 2.33 bits per heavy atom. The zero-order chi connectivity index (χ0) is 13.3. The maximum absolute atomic E-state index is 13.5. The Morgan fingerprint density at radius 1 is 1.06 bits per heavy atom. The number of rotatable bonds is 1. The van der Waals surface area contributed by atoms with Crippen LogP contribution in [0, 0.1) is 5.82 Å². The lowest BCUT2D eigenvalue weighted by Crippen LogP contribution is -2.11. The summed E-state index contributed by atoms with van der Waals surface area (Å²) in [7, 11) is 0. The molecule has 0 bridgehead atoms. The first-order chi connectivity index (χ1) is 8.38. The Balaban J connectivity index is 2.60. The van der Waals surface area contributed by atoms with Gasteiger partial charge in [-0.2, -0.15) is 13.2 Å². The van der Waals surface area contributed by atoms with Crippen LogP contribution in [0.15, 0.2) is 30.3 Å². The summed E-state index contributed by atoms with van der Waals surface area (Å²) in [4.78, 5) is 6.34. The first-order valence-corrected chi connectivity index (χ1v) is 5.12. The van der Waals surface area contributed by atoms with E-state index in [0.717, 1.165) is 12.1 Å². The molecule has 7 heteroatoms. The zero-order valence-corrected chi connectivity index (χ0v) is 9.43. The number of hydrogen-bond acceptors (Lipinski definition) is 2. The molecule has 0 saturated heterocycles. The number of aromatic nitrogens is 2. The highest BCUT2D eigenvalue weighted by atomic mass is 35.5. The molecule has 0 fully saturated rings. The molecule has 0 aliphatic rings. The van der Waals surface area contributed by atoms with Crippen LogP contribution in [0.2, 0.25) is 5.15 Å². The second kappa shape index (κ2) is 4.53. The first-order valence-electron chi connectivity index (χ1n) is 4.74. The van der Waals surface area contributed by atoms with Gasteiger partial charge in [-0.05, 0) is 12.1 Å². The molecule has 0 atom stereocenters. The first kappa shape index (κ1) is 12.8. The normalized spacial score (nSPS) is 11.6. The molecule has 0 aliphatic carbocycles. The zero-order valence-electron chi connectivity index (χ0n) is 8.67. The Bertz CT molecular complexity index is 583. The molecule has 1 aromatic carbocycles. The third-order valence-corrected chi connectivity index (χ3v) is 2.29. The van der Waals surface area contributed by atoms with Gasteiger partial charge in [0.15, 0.2) is 0 Å². The van der Waals surface area contributed by atoms with Crippen molar-refractivity contribution in [2.24, 2.45) is 0 Å². The van der Waals surface area contributed by atoms with Crippen molar-refractivity contribution >= 4 is 11.6 Å². The monoisotopic (exact) mass is 276 g/mol. The third kappa shape index (κ3) is 2.59. The lowest BCUT2D eigenvalue weighted by atomic mass is 10.1. The minimum absolute atomic E-state index is 0.0627. The third-order valence-electron chi connectivity index (χ3n) is 2.10. The Hall–Kier alpha value is -1.69. The predicted molar refractivity (Wildman–Crippen MR) is 57.4 cm³/mol. The number of hydrogen-bond donors (Lipinski definition) is 0. The van der Waals surface area contributed by atoms with Gasteiger partial charge >= 0.3 is 6.18 Å². The fourth-order valence-corrected chi connectivity index (χ4v) is 1.53. The van der Waals surface area contributed by atoms with E-state index in [1.807, 2.05) is 0 Å². The summed E-state index contributed by atoms with van der Waals surface area (Å²) < 4.78 is 50.9. The van der Waals surface area contributed by atoms with Crippen molar-refractivity contribution in [1.82, 2.24) is 9.97 Å². The molecule has 18 heavy (non-hydrogen) atoms. The smallest absolute Gasteiger partial charge is 0.224 e. The van der Waals surface area contributed by atoms with Crippen molar-refractivity contribution in [2.75, 3.05) is 0 Å². The van der Waals surface area contributed by atoms with E-state index in [-0.39, 0.29) is 11.3 Å². The maximum atomic E-state index is 13.5. The van der Waals surface area contributed by atoms with Crippen molar-refractivity contribution in [3.63, 3.8) is 0 Å². The SMILES string of the molecule is Fc1ccccc1-c1cc(Cl)nc(C(F)(F)F)n1. The van der Waals surface area contributed by atoms with Crippen molar-refractivity contribution < 1.29 is 17.6 Å². The minimum Gasteiger partial charge on any atom is -0.224 e. The van der Waals surface area contributed by atoms with Gasteiger partial charge in [-0.1, -0.05) is 23.7 Å². The van der Waals surface area contributed by atoms with E-state index in [9.17, 15) is 17.6 Å². The summed E-state index contributed by atoms with van der Waals surface area (Å²) in [6.45, 7) is 0. The van der Waals surface area contributed by atoms with Gasteiger partial charge in [0.05, 0.1) is 5.69 Å². The van der Waals surface area contributed by atoms with E-state index in [1.165, 1.54) is 18.2 Å². The standard InChI is InChI=1S/C11H5ClF4N2/c12-9-5-8(6-3-1-2-4-7(6)13)17-10(18-9)11(14,15)16/h1-5H. The molecule has 0 saturated carbocycles. The molecular weight excluding hydrogens is 272 g/mol. The van der Waals surface area contributed by atoms with Gasteiger partial charge < -0.3 is 0 Å². The van der Waals surface area contributed by atoms with Crippen LogP contribution >= 0.6 is 11.6 Å². The highest BCUT2D eigenvalue weighted by Gasteiger charge is 2.35. The average molecular weight is 277 g/mol. The lowest BCUT2D eigenvalue weighted by Gasteiger charge is -2.08. The second-order valence-electron chi connectivity index (χ2n) is 3.38. The molecule has 0 radical (unpaired) electrons. The summed E-state index contributed by atoms with van der Waals surface area (Å²) in [6, 6.07) is 6.43. The molecule has 0 spiro atoms. The van der Waals surface area contributed by atoms with Crippen molar-refractivity contribution in [2.45, 2.75) is 6.18 Å². The largest absolute Gasteiger partial charge is 0.451 e. The van der Waals surface area contributed by atoms with Crippen LogP contribution in [0.3, 0.4) is 0 Å². The minimum atomic E-state index is -4.73. The van der Waals surface area contributed by atoms with Crippen molar-refractivity contribution in [3.8, 4) is 11.3 Å². The number of benzene rings is 1. The number of halogens is 5. The van der Waals surface area contributed by atoms with E-state index in [0.29, 0.717) is 0 Å². The molecule has 0 N–H and O–H groups in total. The molecular formula is C11H5ClF4N2. The highest BCUT2D eigenvalue weighted by Crippen LogP contribution is 2.30.